The number of carbonyl (C=O) groups excluding carboxylic acids is 1. The molecule has 0 unspecified atom stereocenters. The van der Waals surface area contributed by atoms with Crippen LogP contribution in [0.25, 0.3) is 0 Å². The van der Waals surface area contributed by atoms with Gasteiger partial charge in [0.1, 0.15) is 0 Å². The topological polar surface area (TPSA) is 29.1 Å². The Morgan fingerprint density at radius 1 is 1.30 bits per heavy atom. The van der Waals surface area contributed by atoms with Gasteiger partial charge >= 0.3 is 68.9 Å². The molecule has 0 fully saturated rings. The zero-order valence-corrected chi connectivity index (χ0v) is 12.2. The van der Waals surface area contributed by atoms with E-state index in [1.165, 1.54) is 0 Å². The van der Waals surface area contributed by atoms with Crippen LogP contribution in [0.3, 0.4) is 0 Å². The number of hydrogen-bond acceptors (Lipinski definition) is 1. The summed E-state index contributed by atoms with van der Waals surface area (Å²) in [6.07, 6.45) is 0.662. The van der Waals surface area contributed by atoms with Crippen molar-refractivity contribution in [1.82, 2.24) is 0 Å². The molecule has 0 heterocycles. The van der Waals surface area contributed by atoms with Gasteiger partial charge in [-0.1, -0.05) is 18.2 Å². The van der Waals surface area contributed by atoms with Crippen molar-refractivity contribution in [3.8, 4) is 0 Å². The first kappa shape index (κ1) is 10.7. The summed E-state index contributed by atoms with van der Waals surface area (Å²) in [6, 6.07) is 9.29. The number of hydrogen-bond donors (Lipinski definition) is 1. The van der Waals surface area contributed by atoms with E-state index in [-0.39, 0.29) is 70.3 Å². The van der Waals surface area contributed by atoms with Gasteiger partial charge in [0.15, 0.2) is 0 Å². The summed E-state index contributed by atoms with van der Waals surface area (Å²) in [5.41, 5.74) is 0.826. The summed E-state index contributed by atoms with van der Waals surface area (Å²) < 4.78 is 0. The Morgan fingerprint density at radius 2 is 1.90 bits per heavy atom. The van der Waals surface area contributed by atoms with Crippen LogP contribution in [0.15, 0.2) is 30.3 Å². The second-order valence-electron chi connectivity index (χ2n) is 1.63. The molecule has 2 nitrogen and oxygen atoms in total. The molecule has 0 aliphatic rings. The van der Waals surface area contributed by atoms with E-state index in [1.54, 1.807) is 0 Å². The van der Waals surface area contributed by atoms with Gasteiger partial charge in [-0.3, -0.25) is 4.79 Å². The molecule has 0 radical (unpaired) electrons. The quantitative estimate of drug-likeness (QED) is 0.632. The Morgan fingerprint density at radius 3 is 2.40 bits per heavy atom. The zero-order chi connectivity index (χ0) is 6.53. The minimum Gasteiger partial charge on any atom is -1.00 e. The van der Waals surface area contributed by atoms with E-state index in [2.05, 4.69) is 5.32 Å². The Kier molecular flexibility index (Phi) is 6.93. The van der Waals surface area contributed by atoms with Gasteiger partial charge in [0.25, 0.3) is 0 Å². The third-order valence-electron chi connectivity index (χ3n) is 0.999. The van der Waals surface area contributed by atoms with Crippen LogP contribution in [0.5, 0.6) is 0 Å². The fraction of sp³-hybridized carbons (Fsp3) is 0. The maximum Gasteiger partial charge on any atom is 1.00 e. The predicted molar refractivity (Wildman–Crippen MR) is 37.2 cm³/mol. The Hall–Kier alpha value is 0.742. The third-order valence-corrected chi connectivity index (χ3v) is 0.999. The smallest absolute Gasteiger partial charge is 1.00 e. The second-order valence-corrected chi connectivity index (χ2v) is 1.63. The summed E-state index contributed by atoms with van der Waals surface area (Å²) in [4.78, 5) is 9.86. The van der Waals surface area contributed by atoms with Crippen molar-refractivity contribution in [2.24, 2.45) is 0 Å². The first-order valence-electron chi connectivity index (χ1n) is 2.69. The average Bonchev–Trinajstić information content (AvgIpc) is 1.91. The van der Waals surface area contributed by atoms with Gasteiger partial charge in [-0.15, -0.1) is 0 Å². The molecule has 1 aromatic rings. The molecule has 0 atom stereocenters. The molecule has 10 heavy (non-hydrogen) atoms. The van der Waals surface area contributed by atoms with Crippen LogP contribution >= 0.6 is 0 Å². The van der Waals surface area contributed by atoms with Gasteiger partial charge in [0.05, 0.1) is 0 Å². The minimum atomic E-state index is 0. The number of nitrogens with one attached hydrogen (secondary N) is 1. The zero-order valence-electron chi connectivity index (χ0n) is 6.87. The predicted octanol–water partition coefficient (Wildman–Crippen LogP) is -1.63. The Labute approximate surface area is 120 Å². The largest absolute Gasteiger partial charge is 1.00 e. The SMILES string of the molecule is O=CNc1ccccc1.[Cs+].[H-]. The fourth-order valence-corrected chi connectivity index (χ4v) is 0.602. The van der Waals surface area contributed by atoms with Crippen molar-refractivity contribution in [3.05, 3.63) is 30.3 Å². The van der Waals surface area contributed by atoms with Crippen molar-refractivity contribution in [1.29, 1.82) is 0 Å². The van der Waals surface area contributed by atoms with Gasteiger partial charge in [-0.25, -0.2) is 0 Å². The maximum absolute atomic E-state index is 9.86. The van der Waals surface area contributed by atoms with E-state index < -0.39 is 0 Å². The Bertz CT molecular complexity index is 193. The molecule has 3 heteroatoms. The minimum absolute atomic E-state index is 0. The fourth-order valence-electron chi connectivity index (χ4n) is 0.602. The molecule has 0 bridgehead atoms. The van der Waals surface area contributed by atoms with Gasteiger partial charge in [0, 0.05) is 5.69 Å². The molecule has 1 rings (SSSR count). The van der Waals surface area contributed by atoms with Gasteiger partial charge in [0.2, 0.25) is 6.41 Å². The molecule has 48 valence electrons. The molecule has 0 aliphatic carbocycles. The molecule has 1 N–H and O–H groups in total. The molecule has 0 aromatic heterocycles. The van der Waals surface area contributed by atoms with Crippen molar-refractivity contribution < 1.29 is 75.1 Å². The average molecular weight is 255 g/mol. The third kappa shape index (κ3) is 3.80. The van der Waals surface area contributed by atoms with Crippen molar-refractivity contribution in [2.75, 3.05) is 5.32 Å². The first-order valence-corrected chi connectivity index (χ1v) is 2.69. The van der Waals surface area contributed by atoms with E-state index in [1.807, 2.05) is 30.3 Å². The molecule has 1 aromatic carbocycles. The van der Waals surface area contributed by atoms with Crippen molar-refractivity contribution in [2.45, 2.75) is 0 Å². The number of amides is 1. The van der Waals surface area contributed by atoms with Gasteiger partial charge < -0.3 is 6.74 Å². The monoisotopic (exact) mass is 255 g/mol. The van der Waals surface area contributed by atoms with Crippen molar-refractivity contribution >= 4 is 12.1 Å². The number of carbonyl (C=O) groups is 1. The molecular weight excluding hydrogens is 247 g/mol. The van der Waals surface area contributed by atoms with Gasteiger partial charge in [-0.05, 0) is 12.1 Å². The Balaban J connectivity index is 0. The van der Waals surface area contributed by atoms with Crippen LogP contribution in [0.4, 0.5) is 5.69 Å². The standard InChI is InChI=1S/C7H7NO.Cs.H/c9-6-8-7-4-2-1-3-5-7;;/h1-6H,(H,8,9);;/q;+1;-1. The molecule has 0 aliphatic heterocycles. The summed E-state index contributed by atoms with van der Waals surface area (Å²) in [7, 11) is 0. The van der Waals surface area contributed by atoms with E-state index in [4.69, 9.17) is 0 Å². The molecular formula is C7H8CsNO. The summed E-state index contributed by atoms with van der Waals surface area (Å²) >= 11 is 0. The van der Waals surface area contributed by atoms with Crippen LogP contribution in [0.1, 0.15) is 1.43 Å². The van der Waals surface area contributed by atoms with Crippen molar-refractivity contribution in [3.63, 3.8) is 0 Å². The number of benzene rings is 1. The van der Waals surface area contributed by atoms with E-state index in [9.17, 15) is 4.79 Å². The van der Waals surface area contributed by atoms with E-state index >= 15 is 0 Å². The van der Waals surface area contributed by atoms with Gasteiger partial charge in [-0.2, -0.15) is 0 Å². The van der Waals surface area contributed by atoms with E-state index in [0.717, 1.165) is 5.69 Å². The number of rotatable bonds is 2. The molecule has 0 spiro atoms. The second kappa shape index (κ2) is 6.45. The van der Waals surface area contributed by atoms with Crippen LogP contribution in [0, 0.1) is 0 Å². The molecule has 0 saturated heterocycles. The van der Waals surface area contributed by atoms with Crippen LogP contribution in [-0.4, -0.2) is 6.41 Å². The van der Waals surface area contributed by atoms with Crippen LogP contribution in [0.2, 0.25) is 0 Å². The van der Waals surface area contributed by atoms with E-state index in [0.29, 0.717) is 6.41 Å². The molecule has 0 saturated carbocycles. The van der Waals surface area contributed by atoms with Crippen LogP contribution < -0.4 is 74.2 Å². The summed E-state index contributed by atoms with van der Waals surface area (Å²) in [5.74, 6) is 0. The number of anilines is 1. The first-order chi connectivity index (χ1) is 4.43. The maximum atomic E-state index is 9.86. The normalized spacial score (nSPS) is 7.60. The summed E-state index contributed by atoms with van der Waals surface area (Å²) in [6.45, 7) is 0. The summed E-state index contributed by atoms with van der Waals surface area (Å²) in [5, 5.41) is 2.53. The molecule has 1 amide bonds. The number of para-hydroxylation sites is 1. The van der Waals surface area contributed by atoms with Crippen LogP contribution in [-0.2, 0) is 4.79 Å².